The zero-order valence-electron chi connectivity index (χ0n) is 12.3. The van der Waals surface area contributed by atoms with Crippen molar-refractivity contribution in [1.29, 1.82) is 0 Å². The van der Waals surface area contributed by atoms with Gasteiger partial charge in [0.25, 0.3) is 0 Å². The SMILES string of the molecule is CC(C)(C)c1cc2c(NCC3(CO)CC3)nccn2n1. The van der Waals surface area contributed by atoms with Gasteiger partial charge in [-0.1, -0.05) is 20.8 Å². The third kappa shape index (κ3) is 2.38. The molecule has 0 aromatic carbocycles. The van der Waals surface area contributed by atoms with Crippen LogP contribution in [0.2, 0.25) is 0 Å². The Kier molecular flexibility index (Phi) is 2.97. The van der Waals surface area contributed by atoms with Crippen LogP contribution in [0, 0.1) is 5.41 Å². The maximum Gasteiger partial charge on any atom is 0.152 e. The number of aliphatic hydroxyl groups is 1. The van der Waals surface area contributed by atoms with Gasteiger partial charge < -0.3 is 10.4 Å². The van der Waals surface area contributed by atoms with Crippen LogP contribution in [-0.2, 0) is 5.41 Å². The smallest absolute Gasteiger partial charge is 0.152 e. The lowest BCUT2D eigenvalue weighted by molar-refractivity contribution is 0.219. The largest absolute Gasteiger partial charge is 0.396 e. The van der Waals surface area contributed by atoms with E-state index in [1.807, 2.05) is 10.7 Å². The topological polar surface area (TPSA) is 62.5 Å². The van der Waals surface area contributed by atoms with Crippen LogP contribution in [-0.4, -0.2) is 32.9 Å². The van der Waals surface area contributed by atoms with E-state index in [0.29, 0.717) is 0 Å². The second kappa shape index (κ2) is 4.45. The Labute approximate surface area is 119 Å². The molecule has 0 spiro atoms. The molecule has 0 atom stereocenters. The maximum atomic E-state index is 9.38. The Morgan fingerprint density at radius 2 is 2.15 bits per heavy atom. The third-order valence-electron chi connectivity index (χ3n) is 4.08. The fourth-order valence-corrected chi connectivity index (χ4v) is 2.26. The summed E-state index contributed by atoms with van der Waals surface area (Å²) in [4.78, 5) is 4.41. The van der Waals surface area contributed by atoms with Crippen LogP contribution in [0.1, 0.15) is 39.3 Å². The summed E-state index contributed by atoms with van der Waals surface area (Å²) in [5, 5.41) is 17.4. The average molecular weight is 274 g/mol. The third-order valence-corrected chi connectivity index (χ3v) is 4.08. The summed E-state index contributed by atoms with van der Waals surface area (Å²) < 4.78 is 1.87. The van der Waals surface area contributed by atoms with Gasteiger partial charge in [0.1, 0.15) is 5.52 Å². The molecule has 108 valence electrons. The zero-order chi connectivity index (χ0) is 14.4. The minimum absolute atomic E-state index is 0.0199. The van der Waals surface area contributed by atoms with Crippen LogP contribution in [0.25, 0.3) is 5.52 Å². The van der Waals surface area contributed by atoms with Crippen molar-refractivity contribution in [2.24, 2.45) is 5.41 Å². The highest BCUT2D eigenvalue weighted by molar-refractivity contribution is 5.68. The molecule has 0 radical (unpaired) electrons. The Morgan fingerprint density at radius 3 is 2.75 bits per heavy atom. The van der Waals surface area contributed by atoms with E-state index in [0.717, 1.165) is 36.4 Å². The van der Waals surface area contributed by atoms with Gasteiger partial charge in [0.05, 0.1) is 12.3 Å². The molecular weight excluding hydrogens is 252 g/mol. The highest BCUT2D eigenvalue weighted by Crippen LogP contribution is 2.45. The minimum Gasteiger partial charge on any atom is -0.396 e. The lowest BCUT2D eigenvalue weighted by Crippen LogP contribution is -2.19. The lowest BCUT2D eigenvalue weighted by atomic mass is 9.92. The minimum atomic E-state index is 0.0199. The normalized spacial score (nSPS) is 17.4. The van der Waals surface area contributed by atoms with E-state index in [9.17, 15) is 5.11 Å². The Hall–Kier alpha value is -1.62. The molecule has 5 heteroatoms. The molecule has 1 aliphatic carbocycles. The van der Waals surface area contributed by atoms with E-state index in [1.165, 1.54) is 0 Å². The van der Waals surface area contributed by atoms with E-state index < -0.39 is 0 Å². The molecule has 2 aromatic rings. The molecule has 2 aromatic heterocycles. The summed E-state index contributed by atoms with van der Waals surface area (Å²) in [6.45, 7) is 7.47. The Bertz CT molecular complexity index is 622. The number of hydrogen-bond acceptors (Lipinski definition) is 4. The summed E-state index contributed by atoms with van der Waals surface area (Å²) in [5.41, 5.74) is 2.14. The Balaban J connectivity index is 1.89. The van der Waals surface area contributed by atoms with Crippen molar-refractivity contribution in [1.82, 2.24) is 14.6 Å². The van der Waals surface area contributed by atoms with Gasteiger partial charge in [-0.3, -0.25) is 0 Å². The van der Waals surface area contributed by atoms with Crippen LogP contribution >= 0.6 is 0 Å². The molecule has 1 saturated carbocycles. The van der Waals surface area contributed by atoms with Crippen molar-refractivity contribution >= 4 is 11.3 Å². The van der Waals surface area contributed by atoms with Gasteiger partial charge >= 0.3 is 0 Å². The van der Waals surface area contributed by atoms with E-state index in [-0.39, 0.29) is 17.4 Å². The number of fused-ring (bicyclic) bond motifs is 1. The van der Waals surface area contributed by atoms with Crippen LogP contribution in [0.3, 0.4) is 0 Å². The van der Waals surface area contributed by atoms with E-state index >= 15 is 0 Å². The van der Waals surface area contributed by atoms with Gasteiger partial charge in [0.2, 0.25) is 0 Å². The summed E-state index contributed by atoms with van der Waals surface area (Å²) >= 11 is 0. The molecular formula is C15H22N4O. The first kappa shape index (κ1) is 13.4. The van der Waals surface area contributed by atoms with Gasteiger partial charge in [-0.25, -0.2) is 9.50 Å². The second-order valence-corrected chi connectivity index (χ2v) is 6.90. The van der Waals surface area contributed by atoms with Crippen molar-refractivity contribution in [3.63, 3.8) is 0 Å². The molecule has 1 fully saturated rings. The molecule has 3 rings (SSSR count). The molecule has 5 nitrogen and oxygen atoms in total. The van der Waals surface area contributed by atoms with Crippen molar-refractivity contribution in [3.8, 4) is 0 Å². The summed E-state index contributed by atoms with van der Waals surface area (Å²) in [7, 11) is 0. The van der Waals surface area contributed by atoms with Gasteiger partial charge in [-0.2, -0.15) is 5.10 Å². The second-order valence-electron chi connectivity index (χ2n) is 6.90. The fourth-order valence-electron chi connectivity index (χ4n) is 2.26. The molecule has 0 unspecified atom stereocenters. The quantitative estimate of drug-likeness (QED) is 0.897. The number of hydrogen-bond donors (Lipinski definition) is 2. The maximum absolute atomic E-state index is 9.38. The Morgan fingerprint density at radius 1 is 1.40 bits per heavy atom. The molecule has 0 saturated heterocycles. The van der Waals surface area contributed by atoms with Gasteiger partial charge in [-0.05, 0) is 18.9 Å². The molecule has 1 aliphatic rings. The van der Waals surface area contributed by atoms with Gasteiger partial charge in [0.15, 0.2) is 5.82 Å². The lowest BCUT2D eigenvalue weighted by Gasteiger charge is -2.13. The van der Waals surface area contributed by atoms with E-state index in [1.54, 1.807) is 6.20 Å². The predicted molar refractivity (Wildman–Crippen MR) is 78.9 cm³/mol. The standard InChI is InChI=1S/C15H22N4O/c1-14(2,3)12-8-11-13(16-6-7-19(11)18-12)17-9-15(10-20)4-5-15/h6-8,20H,4-5,9-10H2,1-3H3,(H,16,17). The predicted octanol–water partition coefficient (Wildman–Crippen LogP) is 2.21. The highest BCUT2D eigenvalue weighted by atomic mass is 16.3. The summed E-state index contributed by atoms with van der Waals surface area (Å²) in [6.07, 6.45) is 5.81. The van der Waals surface area contributed by atoms with Crippen LogP contribution in [0.4, 0.5) is 5.82 Å². The average Bonchev–Trinajstić information content (AvgIpc) is 3.04. The molecule has 0 amide bonds. The number of nitrogens with one attached hydrogen (secondary N) is 1. The van der Waals surface area contributed by atoms with Crippen molar-refractivity contribution < 1.29 is 5.11 Å². The van der Waals surface area contributed by atoms with Crippen molar-refractivity contribution in [2.75, 3.05) is 18.5 Å². The first-order chi connectivity index (χ1) is 9.43. The van der Waals surface area contributed by atoms with E-state index in [4.69, 9.17) is 0 Å². The van der Waals surface area contributed by atoms with Crippen molar-refractivity contribution in [3.05, 3.63) is 24.2 Å². The number of aliphatic hydroxyl groups excluding tert-OH is 1. The molecule has 0 aliphatic heterocycles. The number of anilines is 1. The molecule has 2 N–H and O–H groups in total. The van der Waals surface area contributed by atoms with Gasteiger partial charge in [0, 0.05) is 29.8 Å². The monoisotopic (exact) mass is 274 g/mol. The van der Waals surface area contributed by atoms with Crippen molar-refractivity contribution in [2.45, 2.75) is 39.0 Å². The number of aromatic nitrogens is 3. The summed E-state index contributed by atoms with van der Waals surface area (Å²) in [5.74, 6) is 0.843. The first-order valence-electron chi connectivity index (χ1n) is 7.13. The number of rotatable bonds is 4. The van der Waals surface area contributed by atoms with Crippen LogP contribution in [0.15, 0.2) is 18.5 Å². The summed E-state index contributed by atoms with van der Waals surface area (Å²) in [6, 6.07) is 2.09. The molecule has 2 heterocycles. The fraction of sp³-hybridized carbons (Fsp3) is 0.600. The molecule has 0 bridgehead atoms. The van der Waals surface area contributed by atoms with E-state index in [2.05, 4.69) is 42.2 Å². The highest BCUT2D eigenvalue weighted by Gasteiger charge is 2.41. The molecule has 20 heavy (non-hydrogen) atoms. The zero-order valence-corrected chi connectivity index (χ0v) is 12.3. The van der Waals surface area contributed by atoms with Gasteiger partial charge in [-0.15, -0.1) is 0 Å². The first-order valence-corrected chi connectivity index (χ1v) is 7.13. The number of nitrogens with zero attached hydrogens (tertiary/aromatic N) is 3. The van der Waals surface area contributed by atoms with Crippen LogP contribution < -0.4 is 5.32 Å². The van der Waals surface area contributed by atoms with Crippen LogP contribution in [0.5, 0.6) is 0 Å².